The number of urea groups is 1. The Morgan fingerprint density at radius 3 is 2.54 bits per heavy atom. The maximum Gasteiger partial charge on any atom is 0.434 e. The molecule has 2 amide bonds. The third kappa shape index (κ3) is 5.01. The predicted octanol–water partition coefficient (Wildman–Crippen LogP) is 5.51. The van der Waals surface area contributed by atoms with Gasteiger partial charge in [-0.15, -0.1) is 0 Å². The molecule has 1 aromatic carbocycles. The van der Waals surface area contributed by atoms with Crippen molar-refractivity contribution in [3.63, 3.8) is 0 Å². The molecule has 2 aliphatic rings. The van der Waals surface area contributed by atoms with Crippen molar-refractivity contribution in [2.45, 2.75) is 64.8 Å². The van der Waals surface area contributed by atoms with Gasteiger partial charge in [0.2, 0.25) is 0 Å². The lowest BCUT2D eigenvalue weighted by atomic mass is 10.1. The molecule has 0 radical (unpaired) electrons. The number of carbonyl (C=O) groups is 1. The van der Waals surface area contributed by atoms with E-state index in [-0.39, 0.29) is 24.4 Å². The Morgan fingerprint density at radius 2 is 1.89 bits per heavy atom. The van der Waals surface area contributed by atoms with Gasteiger partial charge in [0.05, 0.1) is 6.54 Å². The molecular weight excluding hydrogens is 457 g/mol. The van der Waals surface area contributed by atoms with E-state index < -0.39 is 11.9 Å². The van der Waals surface area contributed by atoms with Crippen LogP contribution >= 0.6 is 0 Å². The first-order chi connectivity index (χ1) is 16.7. The van der Waals surface area contributed by atoms with Crippen LogP contribution in [-0.2, 0) is 25.7 Å². The first-order valence-corrected chi connectivity index (χ1v) is 11.8. The zero-order valence-electron chi connectivity index (χ0n) is 19.6. The summed E-state index contributed by atoms with van der Waals surface area (Å²) < 4.78 is 41.2. The van der Waals surface area contributed by atoms with E-state index in [9.17, 15) is 18.0 Å². The van der Waals surface area contributed by atoms with Crippen LogP contribution in [0.4, 0.5) is 23.8 Å². The fourth-order valence-electron chi connectivity index (χ4n) is 4.24. The highest BCUT2D eigenvalue weighted by atomic mass is 19.4. The lowest BCUT2D eigenvalue weighted by molar-refractivity contribution is -0.140. The van der Waals surface area contributed by atoms with Crippen LogP contribution in [0.25, 0.3) is 11.4 Å². The summed E-state index contributed by atoms with van der Waals surface area (Å²) >= 11 is 0. The second kappa shape index (κ2) is 8.98. The number of nitrogens with one attached hydrogen (secondary N) is 1. The van der Waals surface area contributed by atoms with Gasteiger partial charge in [-0.25, -0.2) is 19.7 Å². The molecule has 3 aromatic rings. The van der Waals surface area contributed by atoms with Crippen LogP contribution in [0.15, 0.2) is 36.7 Å². The molecule has 5 rings (SSSR count). The molecule has 184 valence electrons. The van der Waals surface area contributed by atoms with Gasteiger partial charge < -0.3 is 9.88 Å². The van der Waals surface area contributed by atoms with Crippen LogP contribution in [0.1, 0.15) is 61.8 Å². The molecule has 0 spiro atoms. The number of rotatable bonds is 7. The molecule has 0 saturated heterocycles. The lowest BCUT2D eigenvalue weighted by Gasteiger charge is -2.29. The quantitative estimate of drug-likeness (QED) is 0.480. The van der Waals surface area contributed by atoms with Crippen LogP contribution in [0.2, 0.25) is 0 Å². The average Bonchev–Trinajstić information content (AvgIpc) is 3.53. The third-order valence-corrected chi connectivity index (χ3v) is 6.43. The molecule has 0 bridgehead atoms. The number of amides is 2. The summed E-state index contributed by atoms with van der Waals surface area (Å²) in [5, 5.41) is 2.85. The van der Waals surface area contributed by atoms with Crippen molar-refractivity contribution in [3.8, 4) is 11.4 Å². The number of hydrogen-bond acceptors (Lipinski definition) is 4. The van der Waals surface area contributed by atoms with Gasteiger partial charge in [0.15, 0.2) is 5.69 Å². The fourth-order valence-corrected chi connectivity index (χ4v) is 4.24. The Morgan fingerprint density at radius 1 is 1.14 bits per heavy atom. The molecule has 1 aliphatic carbocycles. The summed E-state index contributed by atoms with van der Waals surface area (Å²) in [7, 11) is 0. The summed E-state index contributed by atoms with van der Waals surface area (Å²) in [5.41, 5.74) is 1.35. The number of benzene rings is 1. The summed E-state index contributed by atoms with van der Waals surface area (Å²) in [6.45, 7) is 4.29. The topological polar surface area (TPSA) is 75.9 Å². The highest BCUT2D eigenvalue weighted by molar-refractivity contribution is 5.93. The zero-order chi connectivity index (χ0) is 24.7. The highest BCUT2D eigenvalue weighted by Gasteiger charge is 2.35. The molecule has 1 fully saturated rings. The van der Waals surface area contributed by atoms with Gasteiger partial charge in [0.25, 0.3) is 0 Å². The highest BCUT2D eigenvalue weighted by Crippen LogP contribution is 2.34. The summed E-state index contributed by atoms with van der Waals surface area (Å²) in [6.07, 6.45) is 2.71. The number of anilines is 1. The molecule has 3 heterocycles. The van der Waals surface area contributed by atoms with Crippen LogP contribution in [0.5, 0.6) is 0 Å². The van der Waals surface area contributed by atoms with Crippen molar-refractivity contribution >= 4 is 11.8 Å². The van der Waals surface area contributed by atoms with E-state index in [1.54, 1.807) is 35.4 Å². The Bertz CT molecular complexity index is 1230. The summed E-state index contributed by atoms with van der Waals surface area (Å²) in [5.74, 6) is 2.38. The Labute approximate surface area is 201 Å². The zero-order valence-corrected chi connectivity index (χ0v) is 19.6. The van der Waals surface area contributed by atoms with E-state index in [4.69, 9.17) is 4.98 Å². The number of hydrogen-bond donors (Lipinski definition) is 1. The number of alkyl halides is 3. The normalized spacial score (nSPS) is 15.9. The third-order valence-electron chi connectivity index (χ3n) is 6.43. The SMILES string of the molecule is CC(C)n1cc(C(F)(F)F)nc1-c1ccc(CN2C(=O)NCc3cnc(CCC4CC4)nc32)cc1. The maximum atomic E-state index is 13.2. The molecule has 0 unspecified atom stereocenters. The van der Waals surface area contributed by atoms with Crippen LogP contribution < -0.4 is 10.2 Å². The Balaban J connectivity index is 1.38. The summed E-state index contributed by atoms with van der Waals surface area (Å²) in [6, 6.07) is 6.66. The van der Waals surface area contributed by atoms with Gasteiger partial charge in [-0.3, -0.25) is 4.90 Å². The van der Waals surface area contributed by atoms with Crippen LogP contribution in [0, 0.1) is 5.92 Å². The monoisotopic (exact) mass is 484 g/mol. The molecule has 1 aliphatic heterocycles. The number of aromatic nitrogens is 4. The van der Waals surface area contributed by atoms with Crippen LogP contribution in [0.3, 0.4) is 0 Å². The first kappa shape index (κ1) is 23.3. The van der Waals surface area contributed by atoms with E-state index in [1.165, 1.54) is 17.4 Å². The smallest absolute Gasteiger partial charge is 0.333 e. The molecule has 10 heteroatoms. The van der Waals surface area contributed by atoms with Crippen molar-refractivity contribution in [2.24, 2.45) is 5.92 Å². The van der Waals surface area contributed by atoms with Crippen molar-refractivity contribution in [2.75, 3.05) is 4.90 Å². The molecule has 35 heavy (non-hydrogen) atoms. The van der Waals surface area contributed by atoms with E-state index in [2.05, 4.69) is 15.3 Å². The average molecular weight is 485 g/mol. The fraction of sp³-hybridized carbons (Fsp3) is 0.440. The minimum absolute atomic E-state index is 0.185. The van der Waals surface area contributed by atoms with E-state index in [0.717, 1.165) is 41.9 Å². The minimum atomic E-state index is -4.51. The molecular formula is C25H27F3N6O. The Kier molecular flexibility index (Phi) is 5.98. The molecule has 0 atom stereocenters. The van der Waals surface area contributed by atoms with Gasteiger partial charge in [-0.05, 0) is 31.7 Å². The second-order valence-corrected chi connectivity index (χ2v) is 9.51. The van der Waals surface area contributed by atoms with Gasteiger partial charge in [0, 0.05) is 42.5 Å². The predicted molar refractivity (Wildman–Crippen MR) is 125 cm³/mol. The first-order valence-electron chi connectivity index (χ1n) is 11.8. The van der Waals surface area contributed by atoms with Gasteiger partial charge in [-0.2, -0.15) is 13.2 Å². The number of carbonyl (C=O) groups excluding carboxylic acids is 1. The van der Waals surface area contributed by atoms with Gasteiger partial charge in [-0.1, -0.05) is 37.1 Å². The second-order valence-electron chi connectivity index (χ2n) is 9.51. The number of fused-ring (bicyclic) bond motifs is 1. The molecule has 1 N–H and O–H groups in total. The molecule has 2 aromatic heterocycles. The van der Waals surface area contributed by atoms with E-state index >= 15 is 0 Å². The standard InChI is InChI=1S/C25H27F3N6O/c1-15(2)33-14-20(25(26,27)28)31-22(33)18-8-5-17(6-9-18)13-34-23-19(12-30-24(34)35)11-29-21(32-23)10-7-16-3-4-16/h5-6,8-9,11,14-16H,3-4,7,10,12-13H2,1-2H3,(H,30,35). The van der Waals surface area contributed by atoms with E-state index in [1.807, 2.05) is 13.8 Å². The number of imidazole rings is 1. The largest absolute Gasteiger partial charge is 0.434 e. The van der Waals surface area contributed by atoms with Crippen molar-refractivity contribution in [1.82, 2.24) is 24.8 Å². The maximum absolute atomic E-state index is 13.2. The number of aryl methyl sites for hydroxylation is 1. The van der Waals surface area contributed by atoms with Crippen LogP contribution in [-0.4, -0.2) is 25.6 Å². The number of nitrogens with zero attached hydrogens (tertiary/aromatic N) is 5. The lowest BCUT2D eigenvalue weighted by Crippen LogP contribution is -2.44. The Hall–Kier alpha value is -3.43. The van der Waals surface area contributed by atoms with Gasteiger partial charge >= 0.3 is 12.2 Å². The molecule has 7 nitrogen and oxygen atoms in total. The number of halogens is 3. The van der Waals surface area contributed by atoms with Crippen molar-refractivity contribution in [3.05, 3.63) is 59.3 Å². The molecule has 1 saturated carbocycles. The van der Waals surface area contributed by atoms with Crippen molar-refractivity contribution < 1.29 is 18.0 Å². The van der Waals surface area contributed by atoms with E-state index in [0.29, 0.717) is 17.9 Å². The van der Waals surface area contributed by atoms with Crippen molar-refractivity contribution in [1.29, 1.82) is 0 Å². The minimum Gasteiger partial charge on any atom is -0.333 e. The van der Waals surface area contributed by atoms with Gasteiger partial charge in [0.1, 0.15) is 17.5 Å². The summed E-state index contributed by atoms with van der Waals surface area (Å²) in [4.78, 5) is 27.3.